The van der Waals surface area contributed by atoms with Crippen LogP contribution in [0.25, 0.3) is 0 Å². The van der Waals surface area contributed by atoms with Crippen molar-refractivity contribution in [3.8, 4) is 0 Å². The van der Waals surface area contributed by atoms with Gasteiger partial charge in [-0.1, -0.05) is 15.9 Å². The quantitative estimate of drug-likeness (QED) is 0.679. The van der Waals surface area contributed by atoms with Gasteiger partial charge in [-0.3, -0.25) is 9.59 Å². The summed E-state index contributed by atoms with van der Waals surface area (Å²) in [6, 6.07) is 6.99. The molecular formula is C15H16BrNO3. The van der Waals surface area contributed by atoms with E-state index in [0.717, 1.165) is 4.47 Å². The van der Waals surface area contributed by atoms with Gasteiger partial charge in [-0.15, -0.1) is 0 Å². The van der Waals surface area contributed by atoms with E-state index in [0.29, 0.717) is 31.5 Å². The van der Waals surface area contributed by atoms with Gasteiger partial charge in [0.25, 0.3) is 0 Å². The van der Waals surface area contributed by atoms with Gasteiger partial charge >= 0.3 is 0 Å². The molecule has 1 aliphatic heterocycles. The van der Waals surface area contributed by atoms with Crippen LogP contribution in [-0.4, -0.2) is 40.9 Å². The number of allylic oxidation sites excluding steroid dienone is 1. The number of hydrogen-bond acceptors (Lipinski definition) is 3. The molecule has 20 heavy (non-hydrogen) atoms. The number of piperidine rings is 1. The number of halogens is 1. The second kappa shape index (κ2) is 6.81. The van der Waals surface area contributed by atoms with Gasteiger partial charge in [0, 0.05) is 29.2 Å². The van der Waals surface area contributed by atoms with Crippen molar-refractivity contribution in [2.75, 3.05) is 13.1 Å². The number of amides is 1. The second-order valence-corrected chi connectivity index (χ2v) is 5.68. The fourth-order valence-electron chi connectivity index (χ4n) is 2.05. The molecule has 1 aromatic rings. The lowest BCUT2D eigenvalue weighted by Gasteiger charge is -2.28. The monoisotopic (exact) mass is 337 g/mol. The summed E-state index contributed by atoms with van der Waals surface area (Å²) >= 11 is 3.30. The summed E-state index contributed by atoms with van der Waals surface area (Å²) < 4.78 is 0.904. The molecular weight excluding hydrogens is 322 g/mol. The molecule has 0 spiro atoms. The van der Waals surface area contributed by atoms with E-state index in [-0.39, 0.29) is 17.8 Å². The first-order valence-electron chi connectivity index (χ1n) is 6.51. The van der Waals surface area contributed by atoms with E-state index in [1.807, 2.05) is 0 Å². The third-order valence-electron chi connectivity index (χ3n) is 3.28. The summed E-state index contributed by atoms with van der Waals surface area (Å²) in [5.41, 5.74) is 0.548. The van der Waals surface area contributed by atoms with Crippen molar-refractivity contribution in [2.45, 2.75) is 18.9 Å². The average Bonchev–Trinajstić information content (AvgIpc) is 2.46. The van der Waals surface area contributed by atoms with E-state index in [1.165, 1.54) is 12.2 Å². The van der Waals surface area contributed by atoms with Crippen LogP contribution in [0, 0.1) is 0 Å². The molecule has 5 heteroatoms. The molecule has 1 N–H and O–H groups in total. The summed E-state index contributed by atoms with van der Waals surface area (Å²) in [7, 11) is 0. The molecule has 2 rings (SSSR count). The lowest BCUT2D eigenvalue weighted by atomic mass is 10.1. The van der Waals surface area contributed by atoms with Crippen LogP contribution < -0.4 is 0 Å². The number of ketones is 1. The highest BCUT2D eigenvalue weighted by atomic mass is 79.9. The Labute approximate surface area is 126 Å². The van der Waals surface area contributed by atoms with Crippen molar-refractivity contribution in [1.29, 1.82) is 0 Å². The first kappa shape index (κ1) is 14.9. The lowest BCUT2D eigenvalue weighted by molar-refractivity contribution is -0.127. The predicted molar refractivity (Wildman–Crippen MR) is 79.4 cm³/mol. The van der Waals surface area contributed by atoms with Crippen molar-refractivity contribution in [2.24, 2.45) is 0 Å². The Morgan fingerprint density at radius 1 is 1.15 bits per heavy atom. The minimum atomic E-state index is -0.313. The zero-order chi connectivity index (χ0) is 14.5. The molecule has 1 aromatic carbocycles. The van der Waals surface area contributed by atoms with E-state index in [1.54, 1.807) is 29.2 Å². The summed E-state index contributed by atoms with van der Waals surface area (Å²) in [4.78, 5) is 25.4. The largest absolute Gasteiger partial charge is 0.393 e. The maximum Gasteiger partial charge on any atom is 0.246 e. The second-order valence-electron chi connectivity index (χ2n) is 4.76. The van der Waals surface area contributed by atoms with Crippen molar-refractivity contribution >= 4 is 27.6 Å². The number of carbonyl (C=O) groups is 2. The van der Waals surface area contributed by atoms with Crippen LogP contribution in [0.4, 0.5) is 0 Å². The summed E-state index contributed by atoms with van der Waals surface area (Å²) in [6.45, 7) is 1.08. The normalized spacial score (nSPS) is 16.6. The molecule has 0 unspecified atom stereocenters. The molecule has 1 heterocycles. The fraction of sp³-hybridized carbons (Fsp3) is 0.333. The maximum atomic E-state index is 11.9. The molecule has 4 nitrogen and oxygen atoms in total. The van der Waals surface area contributed by atoms with Crippen molar-refractivity contribution in [3.05, 3.63) is 46.5 Å². The SMILES string of the molecule is O=C(/C=C/C(=O)N1CCC(O)CC1)c1ccc(Br)cc1. The predicted octanol–water partition coefficient (Wildman–Crippen LogP) is 2.17. The van der Waals surface area contributed by atoms with Crippen LogP contribution >= 0.6 is 15.9 Å². The molecule has 0 radical (unpaired) electrons. The van der Waals surface area contributed by atoms with Gasteiger partial charge in [0.05, 0.1) is 6.10 Å². The topological polar surface area (TPSA) is 57.6 Å². The minimum Gasteiger partial charge on any atom is -0.393 e. The summed E-state index contributed by atoms with van der Waals surface area (Å²) in [6.07, 6.45) is 3.49. The average molecular weight is 338 g/mol. The van der Waals surface area contributed by atoms with Gasteiger partial charge in [-0.25, -0.2) is 0 Å². The molecule has 106 valence electrons. The smallest absolute Gasteiger partial charge is 0.246 e. The molecule has 1 fully saturated rings. The Bertz CT molecular complexity index is 516. The summed E-state index contributed by atoms with van der Waals surface area (Å²) in [5.74, 6) is -0.370. The number of nitrogens with zero attached hydrogens (tertiary/aromatic N) is 1. The van der Waals surface area contributed by atoms with Crippen molar-refractivity contribution in [1.82, 2.24) is 4.90 Å². The number of hydrogen-bond donors (Lipinski definition) is 1. The molecule has 0 aromatic heterocycles. The van der Waals surface area contributed by atoms with Crippen molar-refractivity contribution < 1.29 is 14.7 Å². The van der Waals surface area contributed by atoms with Crippen LogP contribution in [0.5, 0.6) is 0 Å². The Hall–Kier alpha value is -1.46. The van der Waals surface area contributed by atoms with E-state index in [4.69, 9.17) is 0 Å². The van der Waals surface area contributed by atoms with E-state index < -0.39 is 0 Å². The Kier molecular flexibility index (Phi) is 5.09. The van der Waals surface area contributed by atoms with Crippen molar-refractivity contribution in [3.63, 3.8) is 0 Å². The highest BCUT2D eigenvalue weighted by molar-refractivity contribution is 9.10. The van der Waals surface area contributed by atoms with Crippen LogP contribution in [0.15, 0.2) is 40.9 Å². The van der Waals surface area contributed by atoms with E-state index in [2.05, 4.69) is 15.9 Å². The Morgan fingerprint density at radius 2 is 1.75 bits per heavy atom. The first-order valence-corrected chi connectivity index (χ1v) is 7.30. The van der Waals surface area contributed by atoms with Crippen LogP contribution in [0.1, 0.15) is 23.2 Å². The van der Waals surface area contributed by atoms with E-state index >= 15 is 0 Å². The molecule has 1 aliphatic rings. The number of likely N-dealkylation sites (tertiary alicyclic amines) is 1. The standard InChI is InChI=1S/C15H16BrNO3/c16-12-3-1-11(2-4-12)14(19)5-6-15(20)17-9-7-13(18)8-10-17/h1-6,13,18H,7-10H2/b6-5+. The van der Waals surface area contributed by atoms with Gasteiger partial charge in [-0.2, -0.15) is 0 Å². The molecule has 1 amide bonds. The third-order valence-corrected chi connectivity index (χ3v) is 3.81. The third kappa shape index (κ3) is 4.02. The van der Waals surface area contributed by atoms with Crippen LogP contribution in [-0.2, 0) is 4.79 Å². The number of carbonyl (C=O) groups excluding carboxylic acids is 2. The van der Waals surface area contributed by atoms with Crippen LogP contribution in [0.3, 0.4) is 0 Å². The van der Waals surface area contributed by atoms with Gasteiger partial charge in [0.1, 0.15) is 0 Å². The molecule has 0 aliphatic carbocycles. The Morgan fingerprint density at radius 3 is 2.35 bits per heavy atom. The Balaban J connectivity index is 1.93. The molecule has 1 saturated heterocycles. The summed E-state index contributed by atoms with van der Waals surface area (Å²) in [5, 5.41) is 9.38. The van der Waals surface area contributed by atoms with E-state index in [9.17, 15) is 14.7 Å². The highest BCUT2D eigenvalue weighted by Gasteiger charge is 2.19. The lowest BCUT2D eigenvalue weighted by Crippen LogP contribution is -2.39. The minimum absolute atomic E-state index is 0.178. The van der Waals surface area contributed by atoms with Gasteiger partial charge in [0.2, 0.25) is 5.91 Å². The number of benzene rings is 1. The first-order chi connectivity index (χ1) is 9.56. The number of aliphatic hydroxyl groups is 1. The van der Waals surface area contributed by atoms with Gasteiger partial charge < -0.3 is 10.0 Å². The van der Waals surface area contributed by atoms with Gasteiger partial charge in [-0.05, 0) is 43.2 Å². The number of aliphatic hydroxyl groups excluding tert-OH is 1. The molecule has 0 atom stereocenters. The molecule has 0 bridgehead atoms. The van der Waals surface area contributed by atoms with Gasteiger partial charge in [0.15, 0.2) is 5.78 Å². The highest BCUT2D eigenvalue weighted by Crippen LogP contribution is 2.12. The maximum absolute atomic E-state index is 11.9. The zero-order valence-corrected chi connectivity index (χ0v) is 12.5. The zero-order valence-electron chi connectivity index (χ0n) is 11.0. The molecule has 0 saturated carbocycles. The fourth-order valence-corrected chi connectivity index (χ4v) is 2.31. The van der Waals surface area contributed by atoms with Crippen LogP contribution in [0.2, 0.25) is 0 Å². The number of rotatable bonds is 3.